The molecule has 1 heterocycles. The molecule has 2 atom stereocenters. The van der Waals surface area contributed by atoms with Crippen LogP contribution in [0.25, 0.3) is 0 Å². The van der Waals surface area contributed by atoms with Gasteiger partial charge in [-0.25, -0.2) is 4.79 Å². The zero-order valence-corrected chi connectivity index (χ0v) is 16.8. The van der Waals surface area contributed by atoms with Gasteiger partial charge in [0, 0.05) is 5.69 Å². The molecule has 0 aromatic heterocycles. The van der Waals surface area contributed by atoms with Gasteiger partial charge in [0.15, 0.2) is 6.54 Å². The highest BCUT2D eigenvalue weighted by molar-refractivity contribution is 5.85. The summed E-state index contributed by atoms with van der Waals surface area (Å²) in [5.74, 6) is 0.417. The molecule has 0 saturated carbocycles. The molecule has 2 rings (SSSR count). The van der Waals surface area contributed by atoms with Crippen LogP contribution in [-0.4, -0.2) is 64.9 Å². The fourth-order valence-electron chi connectivity index (χ4n) is 3.30. The second kappa shape index (κ2) is 10.2. The lowest BCUT2D eigenvalue weighted by Gasteiger charge is -2.33. The lowest BCUT2D eigenvalue weighted by Crippen LogP contribution is -3.16. The van der Waals surface area contributed by atoms with Gasteiger partial charge >= 0.3 is 5.97 Å². The highest BCUT2D eigenvalue weighted by atomic mass is 16.5. The summed E-state index contributed by atoms with van der Waals surface area (Å²) in [6.07, 6.45) is 0.799. The monoisotopic (exact) mass is 378 g/mol. The van der Waals surface area contributed by atoms with E-state index in [0.29, 0.717) is 6.54 Å². The van der Waals surface area contributed by atoms with E-state index in [1.807, 2.05) is 26.0 Å². The van der Waals surface area contributed by atoms with E-state index >= 15 is 0 Å². The molecule has 0 spiro atoms. The molecule has 0 aliphatic carbocycles. The Morgan fingerprint density at radius 3 is 2.33 bits per heavy atom. The summed E-state index contributed by atoms with van der Waals surface area (Å²) >= 11 is 0. The second-order valence-electron chi connectivity index (χ2n) is 7.07. The third kappa shape index (κ3) is 5.85. The van der Waals surface area contributed by atoms with Gasteiger partial charge in [-0.3, -0.25) is 4.79 Å². The summed E-state index contributed by atoms with van der Waals surface area (Å²) in [7, 11) is 3.02. The minimum absolute atomic E-state index is 0.0447. The third-order valence-corrected chi connectivity index (χ3v) is 5.30. The molecule has 1 aliphatic rings. The van der Waals surface area contributed by atoms with E-state index in [4.69, 9.17) is 9.47 Å². The summed E-state index contributed by atoms with van der Waals surface area (Å²) in [6, 6.07) is 7.47. The van der Waals surface area contributed by atoms with Crippen molar-refractivity contribution < 1.29 is 24.0 Å². The molecule has 150 valence electrons. The number of methoxy groups -OCH3 is 2. The minimum atomic E-state index is -0.576. The van der Waals surface area contributed by atoms with Crippen LogP contribution in [0.2, 0.25) is 0 Å². The van der Waals surface area contributed by atoms with Gasteiger partial charge in [0.2, 0.25) is 0 Å². The summed E-state index contributed by atoms with van der Waals surface area (Å²) in [4.78, 5) is 27.9. The molecule has 27 heavy (non-hydrogen) atoms. The van der Waals surface area contributed by atoms with Crippen molar-refractivity contribution in [2.24, 2.45) is 5.92 Å². The van der Waals surface area contributed by atoms with Crippen molar-refractivity contribution in [1.82, 2.24) is 5.32 Å². The van der Waals surface area contributed by atoms with Crippen LogP contribution in [0.5, 0.6) is 5.75 Å². The van der Waals surface area contributed by atoms with Crippen molar-refractivity contribution in [2.75, 3.05) is 51.8 Å². The lowest BCUT2D eigenvalue weighted by atomic mass is 9.99. The first-order valence-electron chi connectivity index (χ1n) is 9.58. The zero-order valence-electron chi connectivity index (χ0n) is 16.8. The fourth-order valence-corrected chi connectivity index (χ4v) is 3.30. The number of nitrogens with one attached hydrogen (secondary N) is 2. The Labute approximate surface area is 161 Å². The topological polar surface area (TPSA) is 72.3 Å². The number of anilines is 1. The largest absolute Gasteiger partial charge is 0.497 e. The smallest absolute Gasteiger partial charge is 0.328 e. The number of carbonyl (C=O) groups excluding carboxylic acids is 2. The number of amides is 1. The van der Waals surface area contributed by atoms with Crippen molar-refractivity contribution >= 4 is 17.6 Å². The Kier molecular flexibility index (Phi) is 7.91. The number of rotatable bonds is 8. The van der Waals surface area contributed by atoms with Gasteiger partial charge in [0.25, 0.3) is 5.91 Å². The van der Waals surface area contributed by atoms with Gasteiger partial charge in [-0.2, -0.15) is 0 Å². The maximum Gasteiger partial charge on any atom is 0.328 e. The van der Waals surface area contributed by atoms with Crippen molar-refractivity contribution in [2.45, 2.75) is 26.3 Å². The van der Waals surface area contributed by atoms with Gasteiger partial charge in [0.05, 0.1) is 40.4 Å². The Morgan fingerprint density at radius 1 is 1.19 bits per heavy atom. The van der Waals surface area contributed by atoms with Crippen LogP contribution in [0.3, 0.4) is 0 Å². The number of piperazine rings is 1. The fraction of sp³-hybridized carbons (Fsp3) is 0.600. The third-order valence-electron chi connectivity index (χ3n) is 5.30. The predicted octanol–water partition coefficient (Wildman–Crippen LogP) is 0.104. The zero-order chi connectivity index (χ0) is 19.8. The van der Waals surface area contributed by atoms with E-state index in [1.165, 1.54) is 17.7 Å². The Morgan fingerprint density at radius 2 is 1.81 bits per heavy atom. The molecule has 2 N–H and O–H groups in total. The van der Waals surface area contributed by atoms with Crippen molar-refractivity contribution in [3.05, 3.63) is 24.3 Å². The normalized spacial score (nSPS) is 17.1. The number of hydrogen-bond donors (Lipinski definition) is 2. The number of esters is 1. The van der Waals surface area contributed by atoms with Gasteiger partial charge < -0.3 is 24.6 Å². The van der Waals surface area contributed by atoms with E-state index in [-0.39, 0.29) is 17.8 Å². The van der Waals surface area contributed by atoms with E-state index in [0.717, 1.165) is 38.3 Å². The van der Waals surface area contributed by atoms with Crippen molar-refractivity contribution in [1.29, 1.82) is 0 Å². The predicted molar refractivity (Wildman–Crippen MR) is 104 cm³/mol. The van der Waals surface area contributed by atoms with Crippen molar-refractivity contribution in [3.8, 4) is 5.75 Å². The highest BCUT2D eigenvalue weighted by Gasteiger charge is 2.29. The van der Waals surface area contributed by atoms with Gasteiger partial charge in [-0.05, 0) is 30.2 Å². The number of carbonyl (C=O) groups is 2. The van der Waals surface area contributed by atoms with Crippen LogP contribution in [0, 0.1) is 5.92 Å². The molecule has 1 aromatic carbocycles. The van der Waals surface area contributed by atoms with Crippen LogP contribution in [0.1, 0.15) is 20.3 Å². The van der Waals surface area contributed by atoms with Gasteiger partial charge in [-0.15, -0.1) is 0 Å². The SMILES string of the molecule is CC[C@H](C)[C@@H](NC(=O)C[NH+]1CCN(c2ccc(OC)cc2)CC1)C(=O)OC. The number of quaternary nitrogens is 1. The van der Waals surface area contributed by atoms with Crippen LogP contribution >= 0.6 is 0 Å². The molecule has 1 aliphatic heterocycles. The second-order valence-corrected chi connectivity index (χ2v) is 7.07. The maximum absolute atomic E-state index is 12.4. The van der Waals surface area contributed by atoms with Crippen LogP contribution < -0.4 is 19.9 Å². The van der Waals surface area contributed by atoms with Crippen LogP contribution in [0.4, 0.5) is 5.69 Å². The van der Waals surface area contributed by atoms with E-state index in [1.54, 1.807) is 7.11 Å². The first kappa shape index (κ1) is 21.0. The van der Waals surface area contributed by atoms with Gasteiger partial charge in [-0.1, -0.05) is 20.3 Å². The molecule has 7 heteroatoms. The molecule has 1 fully saturated rings. The molecule has 1 aromatic rings. The first-order valence-corrected chi connectivity index (χ1v) is 9.58. The number of ether oxygens (including phenoxy) is 2. The Bertz CT molecular complexity index is 612. The summed E-state index contributed by atoms with van der Waals surface area (Å²) < 4.78 is 10.0. The summed E-state index contributed by atoms with van der Waals surface area (Å²) in [5, 5.41) is 2.86. The quantitative estimate of drug-likeness (QED) is 0.628. The Hall–Kier alpha value is -2.28. The minimum Gasteiger partial charge on any atom is -0.497 e. The molecular weight excluding hydrogens is 346 g/mol. The number of benzene rings is 1. The Balaban J connectivity index is 1.83. The van der Waals surface area contributed by atoms with E-state index in [9.17, 15) is 9.59 Å². The first-order chi connectivity index (χ1) is 13.0. The standard InChI is InChI=1S/C20H31N3O4/c1-5-15(2)19(20(25)27-4)21-18(24)14-22-10-12-23(13-11-22)16-6-8-17(26-3)9-7-16/h6-9,15,19H,5,10-14H2,1-4H3,(H,21,24)/p+1/t15-,19+/m0/s1. The van der Waals surface area contributed by atoms with Crippen LogP contribution in [0.15, 0.2) is 24.3 Å². The average Bonchev–Trinajstić information content (AvgIpc) is 2.71. The number of nitrogens with zero attached hydrogens (tertiary/aromatic N) is 1. The van der Waals surface area contributed by atoms with Crippen molar-refractivity contribution in [3.63, 3.8) is 0 Å². The summed E-state index contributed by atoms with van der Waals surface area (Å²) in [5.41, 5.74) is 1.17. The maximum atomic E-state index is 12.4. The number of hydrogen-bond acceptors (Lipinski definition) is 5. The summed E-state index contributed by atoms with van der Waals surface area (Å²) in [6.45, 7) is 7.86. The molecule has 1 saturated heterocycles. The highest BCUT2D eigenvalue weighted by Crippen LogP contribution is 2.18. The molecule has 0 bridgehead atoms. The molecular formula is C20H32N3O4+. The molecule has 0 radical (unpaired) electrons. The molecule has 0 unspecified atom stereocenters. The molecule has 1 amide bonds. The van der Waals surface area contributed by atoms with E-state index < -0.39 is 6.04 Å². The van der Waals surface area contributed by atoms with E-state index in [2.05, 4.69) is 22.3 Å². The molecule has 7 nitrogen and oxygen atoms in total. The lowest BCUT2D eigenvalue weighted by molar-refractivity contribution is -0.892. The van der Waals surface area contributed by atoms with Crippen LogP contribution in [-0.2, 0) is 14.3 Å². The van der Waals surface area contributed by atoms with Gasteiger partial charge in [0.1, 0.15) is 11.8 Å². The average molecular weight is 378 g/mol.